The van der Waals surface area contributed by atoms with Gasteiger partial charge in [-0.15, -0.1) is 0 Å². The second kappa shape index (κ2) is 6.02. The molecule has 0 aliphatic heterocycles. The Morgan fingerprint density at radius 1 is 0.905 bits per heavy atom. The Morgan fingerprint density at radius 2 is 1.71 bits per heavy atom. The molecule has 0 spiro atoms. The highest BCUT2D eigenvalue weighted by molar-refractivity contribution is 6.29. The number of pyridine rings is 1. The van der Waals surface area contributed by atoms with Crippen LogP contribution in [0.5, 0.6) is 0 Å². The lowest BCUT2D eigenvalue weighted by atomic mass is 10.1. The number of aryl methyl sites for hydroxylation is 1. The van der Waals surface area contributed by atoms with Crippen molar-refractivity contribution in [3.63, 3.8) is 0 Å². The second-order valence-electron chi connectivity index (χ2n) is 4.83. The highest BCUT2D eigenvalue weighted by Crippen LogP contribution is 2.17. The molecule has 0 unspecified atom stereocenters. The molecule has 4 heteroatoms. The number of aromatic nitrogens is 3. The third-order valence-corrected chi connectivity index (χ3v) is 3.28. The molecule has 0 saturated carbocycles. The third kappa shape index (κ3) is 3.44. The molecule has 21 heavy (non-hydrogen) atoms. The standard InChI is InChI=1S/C17H14ClN3/c1-12-10-16(18)21-17(19-12)15-9-5-8-14(20-15)11-13-6-3-2-4-7-13/h2-10H,11H2,1H3. The average molecular weight is 296 g/mol. The van der Waals surface area contributed by atoms with Crippen LogP contribution < -0.4 is 0 Å². The van der Waals surface area contributed by atoms with Crippen molar-refractivity contribution in [1.82, 2.24) is 15.0 Å². The van der Waals surface area contributed by atoms with Gasteiger partial charge >= 0.3 is 0 Å². The van der Waals surface area contributed by atoms with E-state index < -0.39 is 0 Å². The Kier molecular flexibility index (Phi) is 3.93. The van der Waals surface area contributed by atoms with E-state index in [1.807, 2.05) is 43.3 Å². The van der Waals surface area contributed by atoms with Crippen LogP contribution in [0.15, 0.2) is 54.6 Å². The zero-order valence-corrected chi connectivity index (χ0v) is 12.4. The number of rotatable bonds is 3. The summed E-state index contributed by atoms with van der Waals surface area (Å²) in [6.07, 6.45) is 0.786. The van der Waals surface area contributed by atoms with Crippen molar-refractivity contribution < 1.29 is 0 Å². The van der Waals surface area contributed by atoms with E-state index in [-0.39, 0.29) is 0 Å². The summed E-state index contributed by atoms with van der Waals surface area (Å²) >= 11 is 5.99. The van der Waals surface area contributed by atoms with Gasteiger partial charge < -0.3 is 0 Å². The van der Waals surface area contributed by atoms with Crippen molar-refractivity contribution in [3.8, 4) is 11.5 Å². The lowest BCUT2D eigenvalue weighted by Gasteiger charge is -2.05. The number of hydrogen-bond acceptors (Lipinski definition) is 3. The normalized spacial score (nSPS) is 10.6. The van der Waals surface area contributed by atoms with Crippen LogP contribution in [-0.2, 0) is 6.42 Å². The molecule has 104 valence electrons. The number of halogens is 1. The van der Waals surface area contributed by atoms with Gasteiger partial charge in [-0.05, 0) is 30.7 Å². The molecule has 2 heterocycles. The molecule has 0 amide bonds. The lowest BCUT2D eigenvalue weighted by Crippen LogP contribution is -1.98. The van der Waals surface area contributed by atoms with Crippen molar-refractivity contribution in [2.24, 2.45) is 0 Å². The first-order valence-corrected chi connectivity index (χ1v) is 7.10. The minimum absolute atomic E-state index is 0.438. The first-order valence-electron chi connectivity index (χ1n) is 6.72. The molecule has 0 bridgehead atoms. The summed E-state index contributed by atoms with van der Waals surface area (Å²) in [6.45, 7) is 1.89. The fourth-order valence-electron chi connectivity index (χ4n) is 2.15. The molecule has 3 nitrogen and oxygen atoms in total. The van der Waals surface area contributed by atoms with E-state index in [0.29, 0.717) is 11.0 Å². The molecule has 3 rings (SSSR count). The lowest BCUT2D eigenvalue weighted by molar-refractivity contribution is 1.04. The van der Waals surface area contributed by atoms with E-state index in [4.69, 9.17) is 11.6 Å². The maximum atomic E-state index is 5.99. The van der Waals surface area contributed by atoms with Gasteiger partial charge in [0.25, 0.3) is 0 Å². The molecule has 0 aliphatic carbocycles. The third-order valence-electron chi connectivity index (χ3n) is 3.09. The van der Waals surface area contributed by atoms with E-state index in [2.05, 4.69) is 27.1 Å². The molecule has 1 aromatic carbocycles. The quantitative estimate of drug-likeness (QED) is 0.683. The summed E-state index contributed by atoms with van der Waals surface area (Å²) in [7, 11) is 0. The van der Waals surface area contributed by atoms with Crippen molar-refractivity contribution in [1.29, 1.82) is 0 Å². The Bertz CT molecular complexity index is 737. The predicted octanol–water partition coefficient (Wildman–Crippen LogP) is 4.09. The summed E-state index contributed by atoms with van der Waals surface area (Å²) in [4.78, 5) is 13.3. The number of benzene rings is 1. The topological polar surface area (TPSA) is 38.7 Å². The monoisotopic (exact) mass is 295 g/mol. The molecular formula is C17H14ClN3. The number of hydrogen-bond donors (Lipinski definition) is 0. The van der Waals surface area contributed by atoms with Crippen LogP contribution in [0.25, 0.3) is 11.5 Å². The first kappa shape index (κ1) is 13.7. The SMILES string of the molecule is Cc1cc(Cl)nc(-c2cccc(Cc3ccccc3)n2)n1. The smallest absolute Gasteiger partial charge is 0.179 e. The van der Waals surface area contributed by atoms with Crippen LogP contribution in [0, 0.1) is 6.92 Å². The maximum absolute atomic E-state index is 5.99. The fourth-order valence-corrected chi connectivity index (χ4v) is 2.39. The van der Waals surface area contributed by atoms with Gasteiger partial charge in [0.1, 0.15) is 10.8 Å². The molecule has 3 aromatic rings. The number of nitrogens with zero attached hydrogens (tertiary/aromatic N) is 3. The summed E-state index contributed by atoms with van der Waals surface area (Å²) in [5.74, 6) is 0.565. The first-order chi connectivity index (χ1) is 10.2. The van der Waals surface area contributed by atoms with Crippen LogP contribution >= 0.6 is 11.6 Å². The van der Waals surface area contributed by atoms with Gasteiger partial charge in [0, 0.05) is 17.8 Å². The fraction of sp³-hybridized carbons (Fsp3) is 0.118. The van der Waals surface area contributed by atoms with Gasteiger partial charge in [0.05, 0.1) is 0 Å². The molecule has 0 N–H and O–H groups in total. The minimum Gasteiger partial charge on any atom is -0.249 e. The summed E-state index contributed by atoms with van der Waals surface area (Å²) in [5.41, 5.74) is 3.79. The second-order valence-corrected chi connectivity index (χ2v) is 5.22. The van der Waals surface area contributed by atoms with E-state index in [9.17, 15) is 0 Å². The molecule has 2 aromatic heterocycles. The molecular weight excluding hydrogens is 282 g/mol. The predicted molar refractivity (Wildman–Crippen MR) is 84.3 cm³/mol. The van der Waals surface area contributed by atoms with Gasteiger partial charge in [-0.25, -0.2) is 15.0 Å². The highest BCUT2D eigenvalue weighted by Gasteiger charge is 2.07. The summed E-state index contributed by atoms with van der Waals surface area (Å²) in [5, 5.41) is 0.438. The Balaban J connectivity index is 1.93. The van der Waals surface area contributed by atoms with E-state index in [1.54, 1.807) is 6.07 Å². The van der Waals surface area contributed by atoms with Crippen molar-refractivity contribution in [3.05, 3.63) is 76.7 Å². The largest absolute Gasteiger partial charge is 0.249 e. The van der Waals surface area contributed by atoms with Gasteiger partial charge in [0.2, 0.25) is 0 Å². The molecule has 0 aliphatic rings. The van der Waals surface area contributed by atoms with Crippen molar-refractivity contribution in [2.75, 3.05) is 0 Å². The molecule has 0 atom stereocenters. The summed E-state index contributed by atoms with van der Waals surface area (Å²) in [6, 6.07) is 17.9. The average Bonchev–Trinajstić information content (AvgIpc) is 2.47. The van der Waals surface area contributed by atoms with Gasteiger partial charge in [-0.1, -0.05) is 48.0 Å². The summed E-state index contributed by atoms with van der Waals surface area (Å²) < 4.78 is 0. The highest BCUT2D eigenvalue weighted by atomic mass is 35.5. The van der Waals surface area contributed by atoms with Gasteiger partial charge in [-0.3, -0.25) is 0 Å². The van der Waals surface area contributed by atoms with Crippen LogP contribution in [-0.4, -0.2) is 15.0 Å². The zero-order valence-electron chi connectivity index (χ0n) is 11.6. The Labute approximate surface area is 128 Å². The van der Waals surface area contributed by atoms with Crippen LogP contribution in [0.3, 0.4) is 0 Å². The van der Waals surface area contributed by atoms with Gasteiger partial charge in [0.15, 0.2) is 5.82 Å². The maximum Gasteiger partial charge on any atom is 0.179 e. The Hall–Kier alpha value is -2.26. The van der Waals surface area contributed by atoms with E-state index >= 15 is 0 Å². The minimum atomic E-state index is 0.438. The Morgan fingerprint density at radius 3 is 2.48 bits per heavy atom. The zero-order chi connectivity index (χ0) is 14.7. The van der Waals surface area contributed by atoms with E-state index in [1.165, 1.54) is 5.56 Å². The molecule has 0 saturated heterocycles. The van der Waals surface area contributed by atoms with Gasteiger partial charge in [-0.2, -0.15) is 0 Å². The van der Waals surface area contributed by atoms with Crippen LogP contribution in [0.4, 0.5) is 0 Å². The van der Waals surface area contributed by atoms with Crippen LogP contribution in [0.1, 0.15) is 17.0 Å². The van der Waals surface area contributed by atoms with Crippen molar-refractivity contribution in [2.45, 2.75) is 13.3 Å². The molecule has 0 fully saturated rings. The molecule has 0 radical (unpaired) electrons. The van der Waals surface area contributed by atoms with Crippen LogP contribution in [0.2, 0.25) is 5.15 Å². The van der Waals surface area contributed by atoms with E-state index in [0.717, 1.165) is 23.5 Å². The van der Waals surface area contributed by atoms with Crippen molar-refractivity contribution >= 4 is 11.6 Å².